The van der Waals surface area contributed by atoms with Gasteiger partial charge < -0.3 is 15.4 Å². The quantitative estimate of drug-likeness (QED) is 0.657. The van der Waals surface area contributed by atoms with Crippen molar-refractivity contribution in [3.05, 3.63) is 29.3 Å². The highest BCUT2D eigenvalue weighted by Gasteiger charge is 2.31. The maximum atomic E-state index is 12.0. The molecule has 5 heteroatoms. The number of anilines is 1. The summed E-state index contributed by atoms with van der Waals surface area (Å²) in [5, 5.41) is 0. The Morgan fingerprint density at radius 2 is 2.10 bits per heavy atom. The normalized spacial score (nSPS) is 13.9. The second-order valence-corrected chi connectivity index (χ2v) is 5.08. The van der Waals surface area contributed by atoms with E-state index in [0.29, 0.717) is 23.8 Å². The topological polar surface area (TPSA) is 72.6 Å². The van der Waals surface area contributed by atoms with Gasteiger partial charge in [0.15, 0.2) is 6.61 Å². The van der Waals surface area contributed by atoms with E-state index in [1.165, 1.54) is 0 Å². The molecule has 0 heterocycles. The van der Waals surface area contributed by atoms with Gasteiger partial charge in [-0.25, -0.2) is 4.79 Å². The maximum Gasteiger partial charge on any atom is 0.340 e. The number of rotatable bonds is 5. The molecule has 20 heavy (non-hydrogen) atoms. The number of benzene rings is 1. The van der Waals surface area contributed by atoms with Crippen molar-refractivity contribution in [2.45, 2.75) is 32.7 Å². The number of esters is 1. The predicted octanol–water partition coefficient (Wildman–Crippen LogP) is 1.74. The molecule has 2 rings (SSSR count). The summed E-state index contributed by atoms with van der Waals surface area (Å²) in [7, 11) is 0. The smallest absolute Gasteiger partial charge is 0.340 e. The van der Waals surface area contributed by atoms with Gasteiger partial charge in [-0.05, 0) is 38.8 Å². The van der Waals surface area contributed by atoms with Crippen LogP contribution in [0, 0.1) is 6.92 Å². The Balaban J connectivity index is 1.94. The van der Waals surface area contributed by atoms with Gasteiger partial charge in [0.25, 0.3) is 5.91 Å². The Hall–Kier alpha value is -2.04. The van der Waals surface area contributed by atoms with Gasteiger partial charge in [0.05, 0.1) is 5.56 Å². The van der Waals surface area contributed by atoms with Crippen LogP contribution in [0.2, 0.25) is 0 Å². The average Bonchev–Trinajstić information content (AvgIpc) is 3.24. The minimum absolute atomic E-state index is 0.144. The van der Waals surface area contributed by atoms with Gasteiger partial charge in [-0.15, -0.1) is 0 Å². The van der Waals surface area contributed by atoms with Crippen LogP contribution in [-0.2, 0) is 9.53 Å². The fourth-order valence-electron chi connectivity index (χ4n) is 2.16. The molecule has 0 bridgehead atoms. The van der Waals surface area contributed by atoms with Gasteiger partial charge in [0.2, 0.25) is 0 Å². The van der Waals surface area contributed by atoms with Crippen molar-refractivity contribution >= 4 is 17.6 Å². The van der Waals surface area contributed by atoms with Crippen LogP contribution >= 0.6 is 0 Å². The third kappa shape index (κ3) is 3.29. The number of carbonyl (C=O) groups excluding carboxylic acids is 2. The third-order valence-electron chi connectivity index (χ3n) is 3.40. The molecule has 0 saturated heterocycles. The molecule has 0 spiro atoms. The van der Waals surface area contributed by atoms with E-state index in [1.54, 1.807) is 17.0 Å². The lowest BCUT2D eigenvalue weighted by Crippen LogP contribution is -2.36. The van der Waals surface area contributed by atoms with Crippen LogP contribution in [0.15, 0.2) is 18.2 Å². The van der Waals surface area contributed by atoms with E-state index >= 15 is 0 Å². The molecule has 1 aromatic rings. The van der Waals surface area contributed by atoms with Crippen molar-refractivity contribution in [3.63, 3.8) is 0 Å². The number of nitrogens with zero attached hydrogens (tertiary/aromatic N) is 1. The molecule has 5 nitrogen and oxygen atoms in total. The fourth-order valence-corrected chi connectivity index (χ4v) is 2.16. The van der Waals surface area contributed by atoms with Crippen LogP contribution < -0.4 is 5.73 Å². The maximum absolute atomic E-state index is 12.0. The van der Waals surface area contributed by atoms with Crippen molar-refractivity contribution < 1.29 is 14.3 Å². The third-order valence-corrected chi connectivity index (χ3v) is 3.40. The van der Waals surface area contributed by atoms with Crippen LogP contribution in [0.1, 0.15) is 35.7 Å². The molecule has 0 radical (unpaired) electrons. The fraction of sp³-hybridized carbons (Fsp3) is 0.467. The first-order valence-corrected chi connectivity index (χ1v) is 6.85. The summed E-state index contributed by atoms with van der Waals surface area (Å²) in [6, 6.07) is 5.48. The minimum atomic E-state index is -0.550. The molecular weight excluding hydrogens is 256 g/mol. The summed E-state index contributed by atoms with van der Waals surface area (Å²) >= 11 is 0. The molecule has 1 saturated carbocycles. The first kappa shape index (κ1) is 14.4. The van der Waals surface area contributed by atoms with Gasteiger partial charge in [-0.1, -0.05) is 11.6 Å². The van der Waals surface area contributed by atoms with E-state index in [9.17, 15) is 9.59 Å². The number of aryl methyl sites for hydroxylation is 1. The van der Waals surface area contributed by atoms with Gasteiger partial charge in [0.1, 0.15) is 0 Å². The Morgan fingerprint density at radius 3 is 2.70 bits per heavy atom. The van der Waals surface area contributed by atoms with Crippen LogP contribution in [0.5, 0.6) is 0 Å². The molecule has 1 aromatic carbocycles. The minimum Gasteiger partial charge on any atom is -0.452 e. The van der Waals surface area contributed by atoms with E-state index in [-0.39, 0.29) is 12.5 Å². The van der Waals surface area contributed by atoms with Crippen molar-refractivity contribution in [1.29, 1.82) is 0 Å². The molecule has 1 aliphatic rings. The van der Waals surface area contributed by atoms with Gasteiger partial charge in [-0.2, -0.15) is 0 Å². The number of hydrogen-bond donors (Lipinski definition) is 1. The van der Waals surface area contributed by atoms with Crippen LogP contribution in [0.3, 0.4) is 0 Å². The highest BCUT2D eigenvalue weighted by molar-refractivity contribution is 5.96. The lowest BCUT2D eigenvalue weighted by atomic mass is 10.1. The van der Waals surface area contributed by atoms with E-state index in [2.05, 4.69) is 0 Å². The van der Waals surface area contributed by atoms with E-state index in [0.717, 1.165) is 18.4 Å². The average molecular weight is 276 g/mol. The van der Waals surface area contributed by atoms with E-state index < -0.39 is 5.97 Å². The first-order chi connectivity index (χ1) is 9.52. The van der Waals surface area contributed by atoms with Crippen LogP contribution in [0.25, 0.3) is 0 Å². The SMILES string of the molecule is CCN(C(=O)COC(=O)c1cc(C)ccc1N)C1CC1. The van der Waals surface area contributed by atoms with Crippen molar-refractivity contribution in [2.75, 3.05) is 18.9 Å². The second kappa shape index (κ2) is 5.94. The predicted molar refractivity (Wildman–Crippen MR) is 76.3 cm³/mol. The second-order valence-electron chi connectivity index (χ2n) is 5.08. The molecule has 0 atom stereocenters. The molecule has 1 amide bonds. The first-order valence-electron chi connectivity index (χ1n) is 6.85. The monoisotopic (exact) mass is 276 g/mol. The summed E-state index contributed by atoms with van der Waals surface area (Å²) in [6.07, 6.45) is 2.08. The zero-order valence-corrected chi connectivity index (χ0v) is 11.9. The van der Waals surface area contributed by atoms with Crippen molar-refractivity contribution in [3.8, 4) is 0 Å². The summed E-state index contributed by atoms with van der Waals surface area (Å²) in [4.78, 5) is 25.7. The highest BCUT2D eigenvalue weighted by Crippen LogP contribution is 2.26. The Morgan fingerprint density at radius 1 is 1.40 bits per heavy atom. The van der Waals surface area contributed by atoms with Crippen molar-refractivity contribution in [1.82, 2.24) is 4.90 Å². The number of amides is 1. The van der Waals surface area contributed by atoms with E-state index in [1.807, 2.05) is 19.9 Å². The zero-order valence-electron chi connectivity index (χ0n) is 11.9. The molecule has 0 unspecified atom stereocenters. The molecule has 0 aliphatic heterocycles. The van der Waals surface area contributed by atoms with Gasteiger partial charge in [-0.3, -0.25) is 4.79 Å². The zero-order chi connectivity index (χ0) is 14.7. The summed E-state index contributed by atoms with van der Waals surface area (Å²) < 4.78 is 5.08. The molecule has 108 valence electrons. The largest absolute Gasteiger partial charge is 0.452 e. The molecular formula is C15H20N2O3. The number of hydrogen-bond acceptors (Lipinski definition) is 4. The Bertz CT molecular complexity index is 524. The Labute approximate surface area is 118 Å². The Kier molecular flexibility index (Phi) is 4.27. The number of ether oxygens (including phenoxy) is 1. The van der Waals surface area contributed by atoms with Crippen LogP contribution in [-0.4, -0.2) is 36.0 Å². The van der Waals surface area contributed by atoms with Gasteiger partial charge in [0, 0.05) is 18.3 Å². The summed E-state index contributed by atoms with van der Waals surface area (Å²) in [5.41, 5.74) is 7.34. The standard InChI is InChI=1S/C15H20N2O3/c1-3-17(11-5-6-11)14(18)9-20-15(19)12-8-10(2)4-7-13(12)16/h4,7-8,11H,3,5-6,9,16H2,1-2H3. The number of carbonyl (C=O) groups is 2. The lowest BCUT2D eigenvalue weighted by molar-refractivity contribution is -0.134. The summed E-state index contributed by atoms with van der Waals surface area (Å²) in [6.45, 7) is 4.22. The molecule has 1 fully saturated rings. The molecule has 2 N–H and O–H groups in total. The number of nitrogens with two attached hydrogens (primary N) is 1. The molecule has 1 aliphatic carbocycles. The lowest BCUT2D eigenvalue weighted by Gasteiger charge is -2.20. The number of nitrogen functional groups attached to an aromatic ring is 1. The highest BCUT2D eigenvalue weighted by atomic mass is 16.5. The van der Waals surface area contributed by atoms with Crippen molar-refractivity contribution in [2.24, 2.45) is 0 Å². The number of likely N-dealkylation sites (N-methyl/N-ethyl adjacent to an activating group) is 1. The van der Waals surface area contributed by atoms with Gasteiger partial charge >= 0.3 is 5.97 Å². The van der Waals surface area contributed by atoms with E-state index in [4.69, 9.17) is 10.5 Å². The molecule has 0 aromatic heterocycles. The van der Waals surface area contributed by atoms with Crippen LogP contribution in [0.4, 0.5) is 5.69 Å². The summed E-state index contributed by atoms with van der Waals surface area (Å²) in [5.74, 6) is -0.694.